The second kappa shape index (κ2) is 7.59. The first-order valence-corrected chi connectivity index (χ1v) is 9.18. The van der Waals surface area contributed by atoms with E-state index in [1.54, 1.807) is 6.07 Å². The summed E-state index contributed by atoms with van der Waals surface area (Å²) in [6.07, 6.45) is 0. The number of hydrogen-bond acceptors (Lipinski definition) is 4. The van der Waals surface area contributed by atoms with Crippen LogP contribution in [-0.4, -0.2) is 55.4 Å². The minimum Gasteiger partial charge on any atom is -0.496 e. The van der Waals surface area contributed by atoms with Gasteiger partial charge in [0.05, 0.1) is 24.1 Å². The van der Waals surface area contributed by atoms with Crippen LogP contribution < -0.4 is 9.64 Å². The highest BCUT2D eigenvalue weighted by Crippen LogP contribution is 2.34. The van der Waals surface area contributed by atoms with E-state index in [1.165, 1.54) is 18.9 Å². The second-order valence-corrected chi connectivity index (χ2v) is 6.94. The third-order valence-corrected chi connectivity index (χ3v) is 5.16. The molecule has 5 nitrogen and oxygen atoms in total. The molecule has 7 heteroatoms. The minimum atomic E-state index is -0.958. The lowest BCUT2D eigenvalue weighted by Gasteiger charge is -2.34. The predicted octanol–water partition coefficient (Wildman–Crippen LogP) is 3.78. The fourth-order valence-electron chi connectivity index (χ4n) is 3.46. The van der Waals surface area contributed by atoms with E-state index in [4.69, 9.17) is 4.74 Å². The summed E-state index contributed by atoms with van der Waals surface area (Å²) >= 11 is 0. The molecular weight excluding hydrogens is 362 g/mol. The standard InChI is InChI=1S/C21H22F2N4O/c1-26-9-11-27(12-10-26)15-5-3-14(4-6-15)17-13-18(25-24-17)20-19(28-2)8-7-16(22)21(20)23/h3-8,13H,9-12H2,1-2H3,(H,24,25). The Balaban J connectivity index is 1.59. The largest absolute Gasteiger partial charge is 0.496 e. The number of nitrogens with one attached hydrogen (secondary N) is 1. The van der Waals surface area contributed by atoms with E-state index < -0.39 is 11.6 Å². The lowest BCUT2D eigenvalue weighted by Crippen LogP contribution is -2.44. The molecule has 1 N–H and O–H groups in total. The van der Waals surface area contributed by atoms with E-state index in [0.29, 0.717) is 11.4 Å². The average Bonchev–Trinajstić information content (AvgIpc) is 3.20. The van der Waals surface area contributed by atoms with Crippen LogP contribution >= 0.6 is 0 Å². The molecule has 3 aromatic rings. The number of rotatable bonds is 4. The van der Waals surface area contributed by atoms with Crippen LogP contribution in [0, 0.1) is 11.6 Å². The van der Waals surface area contributed by atoms with Gasteiger partial charge >= 0.3 is 0 Å². The predicted molar refractivity (Wildman–Crippen MR) is 106 cm³/mol. The highest BCUT2D eigenvalue weighted by atomic mass is 19.2. The average molecular weight is 384 g/mol. The van der Waals surface area contributed by atoms with Gasteiger partial charge in [-0.2, -0.15) is 5.10 Å². The SMILES string of the molecule is COc1ccc(F)c(F)c1-c1cc(-c2ccc(N3CCN(C)CC3)cc2)n[nH]1. The molecular formula is C21H22F2N4O. The molecule has 4 rings (SSSR count). The summed E-state index contributed by atoms with van der Waals surface area (Å²) in [5, 5.41) is 7.06. The van der Waals surface area contributed by atoms with Crippen LogP contribution in [0.4, 0.5) is 14.5 Å². The van der Waals surface area contributed by atoms with Gasteiger partial charge in [0.2, 0.25) is 0 Å². The van der Waals surface area contributed by atoms with E-state index in [2.05, 4.69) is 39.2 Å². The highest BCUT2D eigenvalue weighted by Gasteiger charge is 2.19. The lowest BCUT2D eigenvalue weighted by molar-refractivity contribution is 0.313. The van der Waals surface area contributed by atoms with E-state index in [9.17, 15) is 8.78 Å². The van der Waals surface area contributed by atoms with Crippen molar-refractivity contribution >= 4 is 5.69 Å². The highest BCUT2D eigenvalue weighted by molar-refractivity contribution is 5.73. The van der Waals surface area contributed by atoms with Crippen LogP contribution in [0.25, 0.3) is 22.5 Å². The van der Waals surface area contributed by atoms with Crippen LogP contribution in [0.5, 0.6) is 5.75 Å². The molecule has 0 amide bonds. The van der Waals surface area contributed by atoms with Crippen molar-refractivity contribution in [3.63, 3.8) is 0 Å². The quantitative estimate of drug-likeness (QED) is 0.744. The molecule has 1 saturated heterocycles. The number of H-pyrrole nitrogens is 1. The zero-order valence-electron chi connectivity index (χ0n) is 15.9. The summed E-state index contributed by atoms with van der Waals surface area (Å²) in [4.78, 5) is 4.67. The summed E-state index contributed by atoms with van der Waals surface area (Å²) < 4.78 is 33.2. The minimum absolute atomic E-state index is 0.0373. The van der Waals surface area contributed by atoms with Gasteiger partial charge in [-0.1, -0.05) is 12.1 Å². The van der Waals surface area contributed by atoms with Gasteiger partial charge < -0.3 is 14.5 Å². The summed E-state index contributed by atoms with van der Waals surface area (Å²) in [5.41, 5.74) is 3.13. The smallest absolute Gasteiger partial charge is 0.171 e. The molecule has 0 aliphatic carbocycles. The van der Waals surface area contributed by atoms with Crippen molar-refractivity contribution in [2.75, 3.05) is 45.2 Å². The first-order chi connectivity index (χ1) is 13.6. The van der Waals surface area contributed by atoms with Crippen molar-refractivity contribution in [3.05, 3.63) is 54.1 Å². The van der Waals surface area contributed by atoms with Gasteiger partial charge in [-0.3, -0.25) is 5.10 Å². The Labute approximate surface area is 162 Å². The van der Waals surface area contributed by atoms with E-state index >= 15 is 0 Å². The van der Waals surface area contributed by atoms with Gasteiger partial charge in [0.1, 0.15) is 5.75 Å². The van der Waals surface area contributed by atoms with Gasteiger partial charge in [-0.05, 0) is 37.4 Å². The third kappa shape index (κ3) is 3.45. The Kier molecular flexibility index (Phi) is 5.00. The molecule has 146 valence electrons. The summed E-state index contributed by atoms with van der Waals surface area (Å²) in [5.74, 6) is -1.64. The molecule has 0 spiro atoms. The van der Waals surface area contributed by atoms with Crippen molar-refractivity contribution in [2.45, 2.75) is 0 Å². The molecule has 1 aliphatic rings. The Morgan fingerprint density at radius 1 is 1.00 bits per heavy atom. The number of piperazine rings is 1. The van der Waals surface area contributed by atoms with Crippen molar-refractivity contribution < 1.29 is 13.5 Å². The van der Waals surface area contributed by atoms with E-state index in [-0.39, 0.29) is 11.3 Å². The van der Waals surface area contributed by atoms with Crippen molar-refractivity contribution in [3.8, 4) is 28.3 Å². The molecule has 28 heavy (non-hydrogen) atoms. The normalized spacial score (nSPS) is 15.1. The van der Waals surface area contributed by atoms with Gasteiger partial charge in [0, 0.05) is 37.4 Å². The van der Waals surface area contributed by atoms with Crippen molar-refractivity contribution in [2.24, 2.45) is 0 Å². The number of methoxy groups -OCH3 is 1. The molecule has 1 aliphatic heterocycles. The van der Waals surface area contributed by atoms with Crippen LogP contribution in [0.1, 0.15) is 0 Å². The summed E-state index contributed by atoms with van der Waals surface area (Å²) in [6.45, 7) is 4.10. The van der Waals surface area contributed by atoms with Gasteiger partial charge in [-0.15, -0.1) is 0 Å². The van der Waals surface area contributed by atoms with Gasteiger partial charge in [0.25, 0.3) is 0 Å². The monoisotopic (exact) mass is 384 g/mol. The fourth-order valence-corrected chi connectivity index (χ4v) is 3.46. The number of nitrogens with zero attached hydrogens (tertiary/aromatic N) is 3. The Morgan fingerprint density at radius 3 is 2.39 bits per heavy atom. The van der Waals surface area contributed by atoms with Gasteiger partial charge in [0.15, 0.2) is 11.6 Å². The molecule has 0 bridgehead atoms. The maximum absolute atomic E-state index is 14.3. The molecule has 0 atom stereocenters. The maximum atomic E-state index is 14.3. The van der Waals surface area contributed by atoms with Crippen LogP contribution in [0.3, 0.4) is 0 Å². The van der Waals surface area contributed by atoms with Crippen molar-refractivity contribution in [1.29, 1.82) is 0 Å². The first kappa shape index (κ1) is 18.4. The molecule has 1 fully saturated rings. The van der Waals surface area contributed by atoms with Crippen LogP contribution in [-0.2, 0) is 0 Å². The summed E-state index contributed by atoms with van der Waals surface area (Å²) in [7, 11) is 3.55. The van der Waals surface area contributed by atoms with Gasteiger partial charge in [-0.25, -0.2) is 8.78 Å². The number of aromatic nitrogens is 2. The Hall–Kier alpha value is -2.93. The Bertz CT molecular complexity index is 963. The zero-order valence-corrected chi connectivity index (χ0v) is 15.9. The Morgan fingerprint density at radius 2 is 1.71 bits per heavy atom. The van der Waals surface area contributed by atoms with E-state index in [1.807, 2.05) is 12.1 Å². The van der Waals surface area contributed by atoms with Crippen LogP contribution in [0.2, 0.25) is 0 Å². The number of hydrogen-bond donors (Lipinski definition) is 1. The molecule has 0 unspecified atom stereocenters. The number of aromatic amines is 1. The van der Waals surface area contributed by atoms with E-state index in [0.717, 1.165) is 37.8 Å². The van der Waals surface area contributed by atoms with Crippen LogP contribution in [0.15, 0.2) is 42.5 Å². The molecule has 2 aromatic carbocycles. The first-order valence-electron chi connectivity index (χ1n) is 9.18. The fraction of sp³-hybridized carbons (Fsp3) is 0.286. The third-order valence-electron chi connectivity index (χ3n) is 5.16. The molecule has 0 saturated carbocycles. The topological polar surface area (TPSA) is 44.4 Å². The summed E-state index contributed by atoms with van der Waals surface area (Å²) in [6, 6.07) is 12.3. The maximum Gasteiger partial charge on any atom is 0.171 e. The zero-order chi connectivity index (χ0) is 19.7. The lowest BCUT2D eigenvalue weighted by atomic mass is 10.1. The van der Waals surface area contributed by atoms with Crippen molar-refractivity contribution in [1.82, 2.24) is 15.1 Å². The number of anilines is 1. The molecule has 2 heterocycles. The number of ether oxygens (including phenoxy) is 1. The second-order valence-electron chi connectivity index (χ2n) is 6.94. The number of benzene rings is 2. The number of halogens is 2. The molecule has 1 aromatic heterocycles. The molecule has 0 radical (unpaired) electrons. The number of likely N-dealkylation sites (N-methyl/N-ethyl adjacent to an activating group) is 1.